The Balaban J connectivity index is 3.65. The number of aliphatic hydroxyl groups excluding tert-OH is 1. The first-order valence-electron chi connectivity index (χ1n) is 4.18. The van der Waals surface area contributed by atoms with Crippen LogP contribution >= 0.6 is 0 Å². The lowest BCUT2D eigenvalue weighted by atomic mass is 10.1. The molecule has 0 saturated carbocycles. The van der Waals surface area contributed by atoms with Crippen molar-refractivity contribution >= 4 is 0 Å². The molecule has 0 aromatic carbocycles. The summed E-state index contributed by atoms with van der Waals surface area (Å²) >= 11 is 0. The normalized spacial score (nSPS) is 15.8. The van der Waals surface area contributed by atoms with E-state index in [9.17, 15) is 0 Å². The van der Waals surface area contributed by atoms with E-state index in [0.29, 0.717) is 0 Å². The molecule has 1 unspecified atom stereocenters. The maximum Gasteiger partial charge on any atom is 0.0719 e. The first kappa shape index (κ1) is 10.4. The number of rotatable bonds is 4. The molecule has 0 radical (unpaired) electrons. The Morgan fingerprint density at radius 2 is 2.09 bits per heavy atom. The van der Waals surface area contributed by atoms with Gasteiger partial charge in [0.25, 0.3) is 0 Å². The molecule has 0 aliphatic carbocycles. The van der Waals surface area contributed by atoms with E-state index in [0.717, 1.165) is 18.4 Å². The fraction of sp³-hybridized carbons (Fsp3) is 0.600. The lowest BCUT2D eigenvalue weighted by Crippen LogP contribution is -1.99. The molecule has 0 fully saturated rings. The fourth-order valence-electron chi connectivity index (χ4n) is 0.687. The molecule has 0 aromatic rings. The van der Waals surface area contributed by atoms with Crippen LogP contribution in [0.15, 0.2) is 23.8 Å². The highest BCUT2D eigenvalue weighted by Gasteiger charge is 1.94. The van der Waals surface area contributed by atoms with Crippen molar-refractivity contribution in [1.29, 1.82) is 0 Å². The summed E-state index contributed by atoms with van der Waals surface area (Å²) in [5.41, 5.74) is 1.05. The smallest absolute Gasteiger partial charge is 0.0719 e. The molecular formula is C10H18O. The van der Waals surface area contributed by atoms with Crippen LogP contribution in [0.1, 0.15) is 33.6 Å². The second kappa shape index (κ2) is 6.17. The van der Waals surface area contributed by atoms with Crippen LogP contribution in [0.25, 0.3) is 0 Å². The predicted molar refractivity (Wildman–Crippen MR) is 49.5 cm³/mol. The Morgan fingerprint density at radius 1 is 1.45 bits per heavy atom. The zero-order valence-electron chi connectivity index (χ0n) is 7.67. The van der Waals surface area contributed by atoms with Gasteiger partial charge in [0, 0.05) is 0 Å². The molecule has 0 aliphatic rings. The maximum absolute atomic E-state index is 9.09. The molecule has 0 spiro atoms. The zero-order chi connectivity index (χ0) is 8.69. The lowest BCUT2D eigenvalue weighted by molar-refractivity contribution is 0.231. The first-order valence-corrected chi connectivity index (χ1v) is 4.18. The third-order valence-corrected chi connectivity index (χ3v) is 1.64. The average molecular weight is 154 g/mol. The lowest BCUT2D eigenvalue weighted by Gasteiger charge is -2.01. The third kappa shape index (κ3) is 5.86. The minimum Gasteiger partial charge on any atom is -0.389 e. The van der Waals surface area contributed by atoms with Gasteiger partial charge in [0.05, 0.1) is 6.10 Å². The zero-order valence-corrected chi connectivity index (χ0v) is 7.67. The van der Waals surface area contributed by atoms with Gasteiger partial charge in [-0.2, -0.15) is 0 Å². The number of hydrogen-bond acceptors (Lipinski definition) is 1. The highest BCUT2D eigenvalue weighted by molar-refractivity contribution is 5.05. The van der Waals surface area contributed by atoms with Crippen molar-refractivity contribution < 1.29 is 5.11 Å². The molecule has 0 aliphatic heterocycles. The minimum absolute atomic E-state index is 0.301. The largest absolute Gasteiger partial charge is 0.389 e. The van der Waals surface area contributed by atoms with E-state index in [1.54, 1.807) is 6.92 Å². The van der Waals surface area contributed by atoms with Gasteiger partial charge in [-0.05, 0) is 32.3 Å². The monoisotopic (exact) mass is 154 g/mol. The van der Waals surface area contributed by atoms with Crippen molar-refractivity contribution in [3.8, 4) is 0 Å². The summed E-state index contributed by atoms with van der Waals surface area (Å²) in [5, 5.41) is 9.09. The topological polar surface area (TPSA) is 20.2 Å². The molecule has 0 rings (SSSR count). The molecule has 0 saturated heterocycles. The van der Waals surface area contributed by atoms with Crippen molar-refractivity contribution in [2.75, 3.05) is 0 Å². The molecule has 0 bridgehead atoms. The summed E-state index contributed by atoms with van der Waals surface area (Å²) < 4.78 is 0. The Bertz CT molecular complexity index is 143. The molecular weight excluding hydrogens is 136 g/mol. The van der Waals surface area contributed by atoms with Gasteiger partial charge in [0.1, 0.15) is 0 Å². The van der Waals surface area contributed by atoms with Gasteiger partial charge in [0.2, 0.25) is 0 Å². The fourth-order valence-corrected chi connectivity index (χ4v) is 0.687. The van der Waals surface area contributed by atoms with Crippen LogP contribution in [-0.4, -0.2) is 11.2 Å². The molecule has 11 heavy (non-hydrogen) atoms. The van der Waals surface area contributed by atoms with Crippen LogP contribution in [0.5, 0.6) is 0 Å². The van der Waals surface area contributed by atoms with E-state index in [4.69, 9.17) is 5.11 Å². The van der Waals surface area contributed by atoms with Gasteiger partial charge < -0.3 is 5.11 Å². The maximum atomic E-state index is 9.09. The van der Waals surface area contributed by atoms with Crippen LogP contribution in [0.2, 0.25) is 0 Å². The van der Waals surface area contributed by atoms with Crippen molar-refractivity contribution in [1.82, 2.24) is 0 Å². The Labute approximate surface area is 69.4 Å². The number of allylic oxidation sites excluding steroid dienone is 3. The number of aliphatic hydroxyl groups is 1. The highest BCUT2D eigenvalue weighted by Crippen LogP contribution is 2.01. The Morgan fingerprint density at radius 3 is 2.55 bits per heavy atom. The van der Waals surface area contributed by atoms with Gasteiger partial charge >= 0.3 is 0 Å². The van der Waals surface area contributed by atoms with Crippen LogP contribution in [0.3, 0.4) is 0 Å². The molecule has 1 N–H and O–H groups in total. The van der Waals surface area contributed by atoms with E-state index in [1.807, 2.05) is 6.92 Å². The summed E-state index contributed by atoms with van der Waals surface area (Å²) in [4.78, 5) is 0. The van der Waals surface area contributed by atoms with Crippen LogP contribution in [0, 0.1) is 0 Å². The minimum atomic E-state index is -0.301. The van der Waals surface area contributed by atoms with Gasteiger partial charge in [-0.15, -0.1) is 0 Å². The van der Waals surface area contributed by atoms with Gasteiger partial charge in [-0.1, -0.05) is 25.2 Å². The van der Waals surface area contributed by atoms with E-state index >= 15 is 0 Å². The Hall–Kier alpha value is -0.560. The quantitative estimate of drug-likeness (QED) is 0.617. The van der Waals surface area contributed by atoms with E-state index in [2.05, 4.69) is 25.2 Å². The molecule has 0 heterocycles. The van der Waals surface area contributed by atoms with Crippen LogP contribution in [-0.2, 0) is 0 Å². The van der Waals surface area contributed by atoms with Crippen molar-refractivity contribution in [3.63, 3.8) is 0 Å². The summed E-state index contributed by atoms with van der Waals surface area (Å²) in [6, 6.07) is 0. The standard InChI is InChI=1S/C10H18O/c1-4-5-6-7-8-9(2)10(3)11/h5-6,8,10-11H,4,7H2,1-3H3/b6-5-,9-8-. The first-order chi connectivity index (χ1) is 5.18. The SMILES string of the molecule is CC/C=C\C/C=C(/C)C(C)O. The van der Waals surface area contributed by atoms with Crippen LogP contribution < -0.4 is 0 Å². The Kier molecular flexibility index (Phi) is 5.86. The van der Waals surface area contributed by atoms with Crippen molar-refractivity contribution in [3.05, 3.63) is 23.8 Å². The second-order valence-corrected chi connectivity index (χ2v) is 2.74. The molecule has 64 valence electrons. The molecule has 0 aromatic heterocycles. The molecule has 1 heteroatoms. The summed E-state index contributed by atoms with van der Waals surface area (Å²) in [7, 11) is 0. The molecule has 1 nitrogen and oxygen atoms in total. The van der Waals surface area contributed by atoms with E-state index in [1.165, 1.54) is 0 Å². The van der Waals surface area contributed by atoms with Gasteiger partial charge in [-0.3, -0.25) is 0 Å². The molecule has 0 amide bonds. The van der Waals surface area contributed by atoms with Crippen molar-refractivity contribution in [2.45, 2.75) is 39.7 Å². The van der Waals surface area contributed by atoms with Gasteiger partial charge in [-0.25, -0.2) is 0 Å². The highest BCUT2D eigenvalue weighted by atomic mass is 16.3. The van der Waals surface area contributed by atoms with Gasteiger partial charge in [0.15, 0.2) is 0 Å². The second-order valence-electron chi connectivity index (χ2n) is 2.74. The van der Waals surface area contributed by atoms with Crippen molar-refractivity contribution in [2.24, 2.45) is 0 Å². The summed E-state index contributed by atoms with van der Waals surface area (Å²) in [6.07, 6.45) is 8.02. The average Bonchev–Trinajstić information content (AvgIpc) is 1.97. The number of hydrogen-bond donors (Lipinski definition) is 1. The van der Waals surface area contributed by atoms with E-state index in [-0.39, 0.29) is 6.10 Å². The third-order valence-electron chi connectivity index (χ3n) is 1.64. The summed E-state index contributed by atoms with van der Waals surface area (Å²) in [6.45, 7) is 5.85. The molecule has 1 atom stereocenters. The van der Waals surface area contributed by atoms with E-state index < -0.39 is 0 Å². The van der Waals surface area contributed by atoms with Crippen LogP contribution in [0.4, 0.5) is 0 Å². The predicted octanol–water partition coefficient (Wildman–Crippen LogP) is 2.67. The summed E-state index contributed by atoms with van der Waals surface area (Å²) in [5.74, 6) is 0.